The van der Waals surface area contributed by atoms with Crippen LogP contribution in [-0.4, -0.2) is 35.4 Å². The number of pyridine rings is 1. The molecule has 1 spiro atoms. The summed E-state index contributed by atoms with van der Waals surface area (Å²) in [6.07, 6.45) is 8.55. The molecule has 4 rings (SSSR count). The van der Waals surface area contributed by atoms with Crippen molar-refractivity contribution in [2.75, 3.05) is 19.6 Å². The Balaban J connectivity index is 1.55. The minimum Gasteiger partial charge on any atom is -0.345 e. The van der Waals surface area contributed by atoms with Gasteiger partial charge in [-0.25, -0.2) is 0 Å². The predicted octanol–water partition coefficient (Wildman–Crippen LogP) is 3.48. The number of nitrogens with one attached hydrogen (secondary N) is 1. The number of hydrogen-bond acceptors (Lipinski definition) is 3. The van der Waals surface area contributed by atoms with Crippen molar-refractivity contribution < 1.29 is 4.79 Å². The zero-order valence-electron chi connectivity index (χ0n) is 15.0. The molecule has 2 aliphatic rings. The molecule has 1 amide bonds. The summed E-state index contributed by atoms with van der Waals surface area (Å²) in [5.41, 5.74) is 3.50. The Morgan fingerprint density at radius 2 is 2.08 bits per heavy atom. The average Bonchev–Trinajstić information content (AvgIpc) is 2.98. The molecular formula is C22H25N3O. The van der Waals surface area contributed by atoms with Crippen LogP contribution in [0, 0.1) is 0 Å². The smallest absolute Gasteiger partial charge is 0.253 e. The fraction of sp³-hybridized carbons (Fsp3) is 0.364. The molecule has 1 aliphatic heterocycles. The summed E-state index contributed by atoms with van der Waals surface area (Å²) in [4.78, 5) is 19.2. The van der Waals surface area contributed by atoms with E-state index in [1.54, 1.807) is 18.5 Å². The number of rotatable bonds is 4. The van der Waals surface area contributed by atoms with Crippen molar-refractivity contribution >= 4 is 5.91 Å². The molecule has 0 bridgehead atoms. The van der Waals surface area contributed by atoms with Crippen molar-refractivity contribution in [3.05, 3.63) is 78.1 Å². The second-order valence-electron chi connectivity index (χ2n) is 7.43. The molecule has 1 aliphatic carbocycles. The maximum Gasteiger partial charge on any atom is 0.253 e. The van der Waals surface area contributed by atoms with Gasteiger partial charge in [0.2, 0.25) is 0 Å². The van der Waals surface area contributed by atoms with Gasteiger partial charge in [-0.2, -0.15) is 0 Å². The Morgan fingerprint density at radius 3 is 2.81 bits per heavy atom. The predicted molar refractivity (Wildman–Crippen MR) is 103 cm³/mol. The number of piperidine rings is 1. The van der Waals surface area contributed by atoms with Crippen molar-refractivity contribution in [2.24, 2.45) is 0 Å². The van der Waals surface area contributed by atoms with Gasteiger partial charge in [0.1, 0.15) is 0 Å². The maximum absolute atomic E-state index is 12.6. The van der Waals surface area contributed by atoms with E-state index in [0.29, 0.717) is 5.56 Å². The summed E-state index contributed by atoms with van der Waals surface area (Å²) in [7, 11) is 0. The van der Waals surface area contributed by atoms with Crippen molar-refractivity contribution in [1.29, 1.82) is 0 Å². The lowest BCUT2D eigenvalue weighted by Gasteiger charge is -2.40. The first-order valence-corrected chi connectivity index (χ1v) is 9.35. The van der Waals surface area contributed by atoms with Gasteiger partial charge in [0.05, 0.1) is 11.6 Å². The molecule has 2 heterocycles. The molecule has 1 saturated heterocycles. The summed E-state index contributed by atoms with van der Waals surface area (Å²) in [5, 5.41) is 3.25. The third kappa shape index (κ3) is 3.06. The highest BCUT2D eigenvalue weighted by atomic mass is 16.1. The molecular weight excluding hydrogens is 322 g/mol. The minimum atomic E-state index is -0.0425. The number of amides is 1. The van der Waals surface area contributed by atoms with Crippen molar-refractivity contribution in [1.82, 2.24) is 15.2 Å². The monoisotopic (exact) mass is 347 g/mol. The number of fused-ring (bicyclic) bond motifs is 2. The Kier molecular flexibility index (Phi) is 4.60. The lowest BCUT2D eigenvalue weighted by molar-refractivity contribution is 0.0926. The first-order valence-electron chi connectivity index (χ1n) is 9.35. The van der Waals surface area contributed by atoms with Gasteiger partial charge in [0.15, 0.2) is 0 Å². The minimum absolute atomic E-state index is 0.0425. The molecule has 1 unspecified atom stereocenters. The number of carbonyl (C=O) groups excluding carboxylic acids is 1. The first kappa shape index (κ1) is 17.0. The number of hydrogen-bond donors (Lipinski definition) is 1. The van der Waals surface area contributed by atoms with Crippen LogP contribution >= 0.6 is 0 Å². The van der Waals surface area contributed by atoms with Gasteiger partial charge in [-0.05, 0) is 55.6 Å². The molecule has 4 heteroatoms. The summed E-state index contributed by atoms with van der Waals surface area (Å²) in [5.74, 6) is -0.0425. The molecule has 1 atom stereocenters. The van der Waals surface area contributed by atoms with Crippen LogP contribution in [0.4, 0.5) is 0 Å². The lowest BCUT2D eigenvalue weighted by atomic mass is 9.73. The Bertz CT molecular complexity index is 794. The van der Waals surface area contributed by atoms with E-state index < -0.39 is 0 Å². The number of likely N-dealkylation sites (tertiary alicyclic amines) is 1. The van der Waals surface area contributed by atoms with Gasteiger partial charge in [0.25, 0.3) is 5.91 Å². The molecule has 0 radical (unpaired) electrons. The summed E-state index contributed by atoms with van der Waals surface area (Å²) >= 11 is 0. The van der Waals surface area contributed by atoms with Crippen LogP contribution in [0.2, 0.25) is 0 Å². The zero-order chi connectivity index (χ0) is 18.0. The Morgan fingerprint density at radius 1 is 1.27 bits per heavy atom. The van der Waals surface area contributed by atoms with Gasteiger partial charge in [-0.3, -0.25) is 14.7 Å². The third-order valence-corrected chi connectivity index (χ3v) is 5.93. The Labute approximate surface area is 154 Å². The molecule has 4 nitrogen and oxygen atoms in total. The van der Waals surface area contributed by atoms with Crippen LogP contribution in [0.3, 0.4) is 0 Å². The van der Waals surface area contributed by atoms with E-state index in [1.807, 2.05) is 12.1 Å². The molecule has 26 heavy (non-hydrogen) atoms. The number of aromatic nitrogens is 1. The largest absolute Gasteiger partial charge is 0.345 e. The number of nitrogens with zero attached hydrogens (tertiary/aromatic N) is 2. The average molecular weight is 347 g/mol. The Hall–Kier alpha value is -2.46. The summed E-state index contributed by atoms with van der Waals surface area (Å²) in [6, 6.07) is 12.3. The van der Waals surface area contributed by atoms with Gasteiger partial charge < -0.3 is 5.32 Å². The fourth-order valence-corrected chi connectivity index (χ4v) is 4.58. The topological polar surface area (TPSA) is 45.2 Å². The standard InChI is InChI=1S/C22H25N3O/c1-2-12-25-13-9-22(10-14-25)15-20(18-7-3-4-8-19(18)22)24-21(26)17-6-5-11-23-16-17/h2-8,11,16,20H,1,9-10,12-15H2,(H,24,26). The van der Waals surface area contributed by atoms with Crippen LogP contribution < -0.4 is 5.32 Å². The van der Waals surface area contributed by atoms with Crippen LogP contribution in [-0.2, 0) is 5.41 Å². The van der Waals surface area contributed by atoms with Gasteiger partial charge in [-0.1, -0.05) is 30.3 Å². The van der Waals surface area contributed by atoms with Crippen molar-refractivity contribution in [3.8, 4) is 0 Å². The maximum atomic E-state index is 12.6. The van der Waals surface area contributed by atoms with E-state index in [-0.39, 0.29) is 17.4 Å². The lowest BCUT2D eigenvalue weighted by Crippen LogP contribution is -2.42. The zero-order valence-corrected chi connectivity index (χ0v) is 15.0. The fourth-order valence-electron chi connectivity index (χ4n) is 4.58. The second kappa shape index (κ2) is 7.04. The highest BCUT2D eigenvalue weighted by Gasteiger charge is 2.45. The molecule has 134 valence electrons. The molecule has 1 aromatic carbocycles. The molecule has 1 fully saturated rings. The second-order valence-corrected chi connectivity index (χ2v) is 7.43. The number of carbonyl (C=O) groups is 1. The van der Waals surface area contributed by atoms with E-state index in [0.717, 1.165) is 38.9 Å². The van der Waals surface area contributed by atoms with E-state index in [2.05, 4.69) is 46.0 Å². The molecule has 0 saturated carbocycles. The van der Waals surface area contributed by atoms with Gasteiger partial charge in [0, 0.05) is 24.4 Å². The first-order chi connectivity index (χ1) is 12.7. The SMILES string of the molecule is C=CCN1CCC2(CC1)CC(NC(=O)c1cccnc1)c1ccccc12. The summed E-state index contributed by atoms with van der Waals surface area (Å²) < 4.78 is 0. The summed E-state index contributed by atoms with van der Waals surface area (Å²) in [6.45, 7) is 6.99. The highest BCUT2D eigenvalue weighted by molar-refractivity contribution is 5.94. The van der Waals surface area contributed by atoms with Crippen LogP contribution in [0.5, 0.6) is 0 Å². The number of benzene rings is 1. The van der Waals surface area contributed by atoms with E-state index >= 15 is 0 Å². The van der Waals surface area contributed by atoms with E-state index in [9.17, 15) is 4.79 Å². The van der Waals surface area contributed by atoms with Crippen LogP contribution in [0.15, 0.2) is 61.4 Å². The van der Waals surface area contributed by atoms with Crippen molar-refractivity contribution in [2.45, 2.75) is 30.7 Å². The van der Waals surface area contributed by atoms with E-state index in [4.69, 9.17) is 0 Å². The van der Waals surface area contributed by atoms with Crippen LogP contribution in [0.25, 0.3) is 0 Å². The third-order valence-electron chi connectivity index (χ3n) is 5.93. The highest BCUT2D eigenvalue weighted by Crippen LogP contribution is 2.50. The normalized spacial score (nSPS) is 21.3. The van der Waals surface area contributed by atoms with E-state index in [1.165, 1.54) is 11.1 Å². The van der Waals surface area contributed by atoms with Crippen molar-refractivity contribution in [3.63, 3.8) is 0 Å². The van der Waals surface area contributed by atoms with Gasteiger partial charge in [-0.15, -0.1) is 6.58 Å². The molecule has 1 N–H and O–H groups in total. The molecule has 1 aromatic heterocycles. The van der Waals surface area contributed by atoms with Gasteiger partial charge >= 0.3 is 0 Å². The van der Waals surface area contributed by atoms with Crippen LogP contribution in [0.1, 0.15) is 46.8 Å². The molecule has 2 aromatic rings. The quantitative estimate of drug-likeness (QED) is 0.862.